The maximum absolute atomic E-state index is 12.1. The predicted octanol–water partition coefficient (Wildman–Crippen LogP) is 3.60. The van der Waals surface area contributed by atoms with Crippen molar-refractivity contribution in [1.29, 1.82) is 0 Å². The summed E-state index contributed by atoms with van der Waals surface area (Å²) in [6, 6.07) is 16.2. The number of aliphatic hydroxyl groups excluding tert-OH is 1. The van der Waals surface area contributed by atoms with Gasteiger partial charge >= 0.3 is 0 Å². The number of rotatable bonds is 9. The number of aromatic nitrogens is 3. The molecule has 1 fully saturated rings. The van der Waals surface area contributed by atoms with Crippen LogP contribution in [0.2, 0.25) is 5.02 Å². The zero-order valence-electron chi connectivity index (χ0n) is 20.4. The summed E-state index contributed by atoms with van der Waals surface area (Å²) in [7, 11) is 0. The number of ether oxygens (including phenoxy) is 3. The Labute approximate surface area is 224 Å². The van der Waals surface area contributed by atoms with Gasteiger partial charge in [0, 0.05) is 18.4 Å². The number of benzene rings is 2. The number of pyridine rings is 1. The molecule has 11 heteroatoms. The van der Waals surface area contributed by atoms with Crippen molar-refractivity contribution in [1.82, 2.24) is 19.9 Å². The highest BCUT2D eigenvalue weighted by molar-refractivity contribution is 6.32. The number of amides is 1. The molecule has 2 N–H and O–H groups in total. The first-order chi connectivity index (χ1) is 18.6. The van der Waals surface area contributed by atoms with Crippen molar-refractivity contribution in [3.63, 3.8) is 0 Å². The van der Waals surface area contributed by atoms with E-state index in [4.69, 9.17) is 25.8 Å². The average molecular weight is 536 g/mol. The smallest absolute Gasteiger partial charge is 0.248 e. The Morgan fingerprint density at radius 1 is 1.11 bits per heavy atom. The number of hydrogen-bond acceptors (Lipinski definition) is 9. The summed E-state index contributed by atoms with van der Waals surface area (Å²) in [5, 5.41) is 13.7. The van der Waals surface area contributed by atoms with Crippen LogP contribution < -0.4 is 14.8 Å². The Morgan fingerprint density at radius 2 is 2.03 bits per heavy atom. The number of morpholine rings is 1. The number of nitrogens with zero attached hydrogens (tertiary/aromatic N) is 4. The van der Waals surface area contributed by atoms with E-state index >= 15 is 0 Å². The van der Waals surface area contributed by atoms with Crippen molar-refractivity contribution < 1.29 is 24.1 Å². The van der Waals surface area contributed by atoms with E-state index in [1.165, 1.54) is 6.33 Å². The van der Waals surface area contributed by atoms with Gasteiger partial charge in [-0.1, -0.05) is 23.7 Å². The fourth-order valence-electron chi connectivity index (χ4n) is 4.16. The van der Waals surface area contributed by atoms with E-state index in [0.29, 0.717) is 65.3 Å². The highest BCUT2D eigenvalue weighted by atomic mass is 35.5. The number of carbonyl (C=O) groups is 1. The molecule has 196 valence electrons. The molecule has 2 aromatic carbocycles. The summed E-state index contributed by atoms with van der Waals surface area (Å²) in [5.74, 6) is 1.27. The van der Waals surface area contributed by atoms with E-state index < -0.39 is 6.61 Å². The van der Waals surface area contributed by atoms with Gasteiger partial charge < -0.3 is 29.5 Å². The van der Waals surface area contributed by atoms with Crippen LogP contribution in [-0.4, -0.2) is 69.9 Å². The second-order valence-corrected chi connectivity index (χ2v) is 8.94. The first-order valence-corrected chi connectivity index (χ1v) is 12.4. The maximum atomic E-state index is 12.1. The molecule has 0 bridgehead atoms. The molecule has 1 amide bonds. The van der Waals surface area contributed by atoms with Gasteiger partial charge in [-0.05, 0) is 42.5 Å². The molecule has 1 aliphatic rings. The summed E-state index contributed by atoms with van der Waals surface area (Å²) in [6.07, 6.45) is 3.18. The molecular weight excluding hydrogens is 510 g/mol. The Kier molecular flexibility index (Phi) is 8.12. The molecule has 1 atom stereocenters. The van der Waals surface area contributed by atoms with E-state index in [1.807, 2.05) is 42.5 Å². The molecule has 5 rings (SSSR count). The van der Waals surface area contributed by atoms with Crippen LogP contribution in [0.15, 0.2) is 67.1 Å². The van der Waals surface area contributed by atoms with Crippen LogP contribution in [0.3, 0.4) is 0 Å². The fraction of sp³-hybridized carbons (Fsp3) is 0.259. The summed E-state index contributed by atoms with van der Waals surface area (Å²) >= 11 is 6.49. The number of fused-ring (bicyclic) bond motifs is 1. The summed E-state index contributed by atoms with van der Waals surface area (Å²) < 4.78 is 17.5. The van der Waals surface area contributed by atoms with Crippen molar-refractivity contribution in [2.24, 2.45) is 0 Å². The van der Waals surface area contributed by atoms with E-state index in [9.17, 15) is 9.90 Å². The van der Waals surface area contributed by atoms with Crippen molar-refractivity contribution in [2.75, 3.05) is 38.3 Å². The van der Waals surface area contributed by atoms with Gasteiger partial charge in [0.1, 0.15) is 43.5 Å². The summed E-state index contributed by atoms with van der Waals surface area (Å²) in [6.45, 7) is 1.09. The van der Waals surface area contributed by atoms with Crippen molar-refractivity contribution >= 4 is 39.9 Å². The van der Waals surface area contributed by atoms with Gasteiger partial charge in [-0.15, -0.1) is 0 Å². The fourth-order valence-corrected chi connectivity index (χ4v) is 4.39. The minimum absolute atomic E-state index is 0.188. The molecular formula is C27H26ClN5O5. The van der Waals surface area contributed by atoms with E-state index in [-0.39, 0.29) is 18.6 Å². The number of carbonyl (C=O) groups excluding carboxylic acids is 1. The largest absolute Gasteiger partial charge is 0.490 e. The van der Waals surface area contributed by atoms with E-state index in [2.05, 4.69) is 20.3 Å². The van der Waals surface area contributed by atoms with E-state index in [0.717, 1.165) is 5.69 Å². The van der Waals surface area contributed by atoms with Crippen LogP contribution in [0.25, 0.3) is 10.9 Å². The minimum Gasteiger partial charge on any atom is -0.490 e. The SMILES string of the molecule is O=C(CO)N1CCOC[C@@H]1COc1cccc2ncnc(Nc3ccc(OCc4ccccn4)c(Cl)c3)c12. The van der Waals surface area contributed by atoms with Crippen LogP contribution >= 0.6 is 11.6 Å². The van der Waals surface area contributed by atoms with Crippen LogP contribution in [0.4, 0.5) is 11.5 Å². The van der Waals surface area contributed by atoms with Crippen molar-refractivity contribution in [2.45, 2.75) is 12.6 Å². The number of aliphatic hydroxyl groups is 1. The molecule has 4 aromatic rings. The standard InChI is InChI=1S/C27H26ClN5O5/c28-21-12-18(7-8-23(21)37-14-19-4-1-2-9-29-19)32-27-26-22(30-17-31-27)5-3-6-24(26)38-16-20-15-36-11-10-33(20)25(35)13-34/h1-9,12,17,20,34H,10-11,13-16H2,(H,30,31,32)/t20-/m1/s1. The van der Waals surface area contributed by atoms with Gasteiger partial charge in [-0.3, -0.25) is 9.78 Å². The Bertz CT molecular complexity index is 1400. The summed E-state index contributed by atoms with van der Waals surface area (Å²) in [5.41, 5.74) is 2.19. The topological polar surface area (TPSA) is 119 Å². The molecule has 0 saturated carbocycles. The van der Waals surface area contributed by atoms with Crippen LogP contribution in [-0.2, 0) is 16.1 Å². The van der Waals surface area contributed by atoms with E-state index in [1.54, 1.807) is 23.2 Å². The minimum atomic E-state index is -0.553. The lowest BCUT2D eigenvalue weighted by Gasteiger charge is -2.35. The third-order valence-electron chi connectivity index (χ3n) is 6.04. The van der Waals surface area contributed by atoms with Crippen LogP contribution in [0.1, 0.15) is 5.69 Å². The third-order valence-corrected chi connectivity index (χ3v) is 6.33. The molecule has 0 unspecified atom stereocenters. The molecule has 3 heterocycles. The molecule has 38 heavy (non-hydrogen) atoms. The van der Waals surface area contributed by atoms with Gasteiger partial charge in [0.05, 0.1) is 40.9 Å². The molecule has 0 spiro atoms. The Morgan fingerprint density at radius 3 is 2.84 bits per heavy atom. The number of nitrogens with one attached hydrogen (secondary N) is 1. The average Bonchev–Trinajstić information content (AvgIpc) is 2.96. The molecule has 10 nitrogen and oxygen atoms in total. The van der Waals surface area contributed by atoms with Gasteiger partial charge in [-0.2, -0.15) is 0 Å². The van der Waals surface area contributed by atoms with Gasteiger partial charge in [-0.25, -0.2) is 9.97 Å². The third kappa shape index (κ3) is 5.94. The molecule has 1 aliphatic heterocycles. The highest BCUT2D eigenvalue weighted by Gasteiger charge is 2.27. The molecule has 2 aromatic heterocycles. The quantitative estimate of drug-likeness (QED) is 0.331. The maximum Gasteiger partial charge on any atom is 0.248 e. The van der Waals surface area contributed by atoms with Gasteiger partial charge in [0.25, 0.3) is 0 Å². The molecule has 1 saturated heterocycles. The molecule has 0 aliphatic carbocycles. The predicted molar refractivity (Wildman–Crippen MR) is 142 cm³/mol. The van der Waals surface area contributed by atoms with Crippen molar-refractivity contribution in [3.05, 3.63) is 77.8 Å². The number of anilines is 2. The summed E-state index contributed by atoms with van der Waals surface area (Å²) in [4.78, 5) is 26.8. The van der Waals surface area contributed by atoms with Gasteiger partial charge in [0.15, 0.2) is 0 Å². The Hall–Kier alpha value is -3.99. The van der Waals surface area contributed by atoms with Crippen LogP contribution in [0.5, 0.6) is 11.5 Å². The number of halogens is 1. The monoisotopic (exact) mass is 535 g/mol. The first kappa shape index (κ1) is 25.7. The van der Waals surface area contributed by atoms with Gasteiger partial charge in [0.2, 0.25) is 5.91 Å². The first-order valence-electron chi connectivity index (χ1n) is 12.1. The van der Waals surface area contributed by atoms with Crippen LogP contribution in [0, 0.1) is 0 Å². The number of hydrogen-bond donors (Lipinski definition) is 2. The lowest BCUT2D eigenvalue weighted by molar-refractivity contribution is -0.144. The molecule has 0 radical (unpaired) electrons. The second kappa shape index (κ2) is 12.0. The normalized spacial score (nSPS) is 15.3. The lowest BCUT2D eigenvalue weighted by Crippen LogP contribution is -2.52. The zero-order valence-corrected chi connectivity index (χ0v) is 21.2. The second-order valence-electron chi connectivity index (χ2n) is 8.54. The highest BCUT2D eigenvalue weighted by Crippen LogP contribution is 2.34. The lowest BCUT2D eigenvalue weighted by atomic mass is 10.2. The Balaban J connectivity index is 1.33. The van der Waals surface area contributed by atoms with Crippen molar-refractivity contribution in [3.8, 4) is 11.5 Å². The zero-order chi connectivity index (χ0) is 26.3.